The number of benzene rings is 1. The number of hydrogen-bond donors (Lipinski definition) is 1. The summed E-state index contributed by atoms with van der Waals surface area (Å²) in [4.78, 5) is 2.39. The van der Waals surface area contributed by atoms with Crippen LogP contribution in [0.1, 0.15) is 13.8 Å². The molecule has 88 valence electrons. The van der Waals surface area contributed by atoms with Crippen molar-refractivity contribution in [2.45, 2.75) is 25.9 Å². The predicted molar refractivity (Wildman–Crippen MR) is 70.7 cm³/mol. The highest BCUT2D eigenvalue weighted by Gasteiger charge is 2.24. The largest absolute Gasteiger partial charge is 0.364 e. The minimum absolute atomic E-state index is 0.473. The molecular weight excluding hydrogens is 243 g/mol. The van der Waals surface area contributed by atoms with Gasteiger partial charge in [-0.25, -0.2) is 0 Å². The molecule has 0 bridgehead atoms. The average Bonchev–Trinajstić information content (AvgIpc) is 2.23. The zero-order valence-corrected chi connectivity index (χ0v) is 11.0. The Labute approximate surface area is 107 Å². The summed E-state index contributed by atoms with van der Waals surface area (Å²) in [6.45, 7) is 6.44. The van der Waals surface area contributed by atoms with Crippen molar-refractivity contribution in [3.05, 3.63) is 28.2 Å². The Morgan fingerprint density at radius 1 is 1.12 bits per heavy atom. The molecule has 0 aliphatic carbocycles. The molecule has 0 unspecified atom stereocenters. The topological polar surface area (TPSA) is 15.3 Å². The van der Waals surface area contributed by atoms with E-state index in [1.165, 1.54) is 0 Å². The van der Waals surface area contributed by atoms with Gasteiger partial charge in [0, 0.05) is 30.9 Å². The number of hydrogen-bond acceptors (Lipinski definition) is 2. The van der Waals surface area contributed by atoms with E-state index in [1.807, 2.05) is 18.2 Å². The molecule has 0 spiro atoms. The van der Waals surface area contributed by atoms with Crippen molar-refractivity contribution in [1.82, 2.24) is 5.32 Å². The second-order valence-corrected chi connectivity index (χ2v) is 5.18. The lowest BCUT2D eigenvalue weighted by atomic mass is 10.1. The molecular formula is C12H16Cl2N2. The van der Waals surface area contributed by atoms with Crippen LogP contribution in [-0.4, -0.2) is 25.2 Å². The summed E-state index contributed by atoms with van der Waals surface area (Å²) in [7, 11) is 0. The van der Waals surface area contributed by atoms with Gasteiger partial charge in [0.15, 0.2) is 0 Å². The molecule has 1 aliphatic heterocycles. The van der Waals surface area contributed by atoms with Crippen molar-refractivity contribution in [3.63, 3.8) is 0 Å². The van der Waals surface area contributed by atoms with Crippen LogP contribution in [0.3, 0.4) is 0 Å². The van der Waals surface area contributed by atoms with E-state index in [-0.39, 0.29) is 0 Å². The van der Waals surface area contributed by atoms with E-state index in [0.29, 0.717) is 22.1 Å². The van der Waals surface area contributed by atoms with Gasteiger partial charge in [0.25, 0.3) is 0 Å². The van der Waals surface area contributed by atoms with Gasteiger partial charge in [-0.3, -0.25) is 0 Å². The van der Waals surface area contributed by atoms with Gasteiger partial charge < -0.3 is 10.2 Å². The fraction of sp³-hybridized carbons (Fsp3) is 0.500. The zero-order chi connectivity index (χ0) is 11.7. The molecule has 4 heteroatoms. The van der Waals surface area contributed by atoms with Gasteiger partial charge in [0.2, 0.25) is 0 Å². The lowest BCUT2D eigenvalue weighted by Crippen LogP contribution is -2.55. The molecule has 2 rings (SSSR count). The predicted octanol–water partition coefficient (Wildman–Crippen LogP) is 3.18. The molecule has 2 atom stereocenters. The Balaban J connectivity index is 2.30. The van der Waals surface area contributed by atoms with Gasteiger partial charge in [0.05, 0.1) is 10.0 Å². The lowest BCUT2D eigenvalue weighted by molar-refractivity contribution is 0.432. The fourth-order valence-corrected chi connectivity index (χ4v) is 2.58. The first-order valence-corrected chi connectivity index (χ1v) is 6.29. The number of nitrogens with one attached hydrogen (secondary N) is 1. The van der Waals surface area contributed by atoms with E-state index in [0.717, 1.165) is 18.8 Å². The SMILES string of the molecule is C[C@@H]1CNC[C@H](C)N1c1ccc(Cl)c(Cl)c1. The average molecular weight is 259 g/mol. The van der Waals surface area contributed by atoms with Crippen LogP contribution in [0.25, 0.3) is 0 Å². The maximum Gasteiger partial charge on any atom is 0.0612 e. The van der Waals surface area contributed by atoms with Crippen LogP contribution in [0.15, 0.2) is 18.2 Å². The third kappa shape index (κ3) is 2.29. The third-order valence-corrected chi connectivity index (χ3v) is 3.77. The van der Waals surface area contributed by atoms with Crippen LogP contribution in [0.2, 0.25) is 10.0 Å². The maximum atomic E-state index is 6.05. The van der Waals surface area contributed by atoms with E-state index in [2.05, 4.69) is 24.1 Å². The van der Waals surface area contributed by atoms with E-state index >= 15 is 0 Å². The summed E-state index contributed by atoms with van der Waals surface area (Å²) < 4.78 is 0. The molecule has 0 radical (unpaired) electrons. The monoisotopic (exact) mass is 258 g/mol. The molecule has 1 aromatic carbocycles. The summed E-state index contributed by atoms with van der Waals surface area (Å²) in [6.07, 6.45) is 0. The van der Waals surface area contributed by atoms with Crippen LogP contribution >= 0.6 is 23.2 Å². The van der Waals surface area contributed by atoms with Crippen molar-refractivity contribution < 1.29 is 0 Å². The zero-order valence-electron chi connectivity index (χ0n) is 9.50. The number of halogens is 2. The highest BCUT2D eigenvalue weighted by molar-refractivity contribution is 6.42. The molecule has 0 aromatic heterocycles. The first-order valence-electron chi connectivity index (χ1n) is 5.53. The molecule has 1 heterocycles. The molecule has 16 heavy (non-hydrogen) atoms. The van der Waals surface area contributed by atoms with Crippen LogP contribution < -0.4 is 10.2 Å². The minimum Gasteiger partial charge on any atom is -0.364 e. The Bertz CT molecular complexity index is 371. The van der Waals surface area contributed by atoms with Gasteiger partial charge in [0.1, 0.15) is 0 Å². The fourth-order valence-electron chi connectivity index (χ4n) is 2.29. The number of nitrogens with zero attached hydrogens (tertiary/aromatic N) is 1. The Kier molecular flexibility index (Phi) is 3.63. The quantitative estimate of drug-likeness (QED) is 0.833. The Morgan fingerprint density at radius 2 is 1.75 bits per heavy atom. The minimum atomic E-state index is 0.473. The lowest BCUT2D eigenvalue weighted by Gasteiger charge is -2.41. The first-order chi connectivity index (χ1) is 7.59. The number of piperazine rings is 1. The Morgan fingerprint density at radius 3 is 2.31 bits per heavy atom. The molecule has 1 fully saturated rings. The van der Waals surface area contributed by atoms with E-state index < -0.39 is 0 Å². The van der Waals surface area contributed by atoms with Gasteiger partial charge in [-0.15, -0.1) is 0 Å². The number of anilines is 1. The standard InChI is InChI=1S/C12H16Cl2N2/c1-8-6-15-7-9(2)16(8)10-3-4-11(13)12(14)5-10/h3-5,8-9,15H,6-7H2,1-2H3/t8-,9+. The van der Waals surface area contributed by atoms with Crippen molar-refractivity contribution in [2.24, 2.45) is 0 Å². The first kappa shape index (κ1) is 12.0. The normalized spacial score (nSPS) is 25.9. The van der Waals surface area contributed by atoms with E-state index in [1.54, 1.807) is 0 Å². The summed E-state index contributed by atoms with van der Waals surface area (Å²) in [5.41, 5.74) is 1.15. The molecule has 0 saturated carbocycles. The van der Waals surface area contributed by atoms with Gasteiger partial charge in [-0.1, -0.05) is 23.2 Å². The Hall–Kier alpha value is -0.440. The molecule has 1 N–H and O–H groups in total. The van der Waals surface area contributed by atoms with Crippen LogP contribution in [0.4, 0.5) is 5.69 Å². The van der Waals surface area contributed by atoms with Crippen molar-refractivity contribution in [1.29, 1.82) is 0 Å². The van der Waals surface area contributed by atoms with Gasteiger partial charge >= 0.3 is 0 Å². The van der Waals surface area contributed by atoms with Crippen LogP contribution in [0, 0.1) is 0 Å². The summed E-state index contributed by atoms with van der Waals surface area (Å²) in [5, 5.41) is 4.64. The smallest absolute Gasteiger partial charge is 0.0612 e. The van der Waals surface area contributed by atoms with Gasteiger partial charge in [-0.05, 0) is 32.0 Å². The van der Waals surface area contributed by atoms with Crippen LogP contribution in [0.5, 0.6) is 0 Å². The summed E-state index contributed by atoms with van der Waals surface area (Å²) in [6, 6.07) is 6.79. The highest BCUT2D eigenvalue weighted by atomic mass is 35.5. The molecule has 0 amide bonds. The maximum absolute atomic E-state index is 6.05. The molecule has 1 saturated heterocycles. The summed E-state index contributed by atoms with van der Waals surface area (Å²) >= 11 is 12.0. The third-order valence-electron chi connectivity index (χ3n) is 3.03. The van der Waals surface area contributed by atoms with Crippen molar-refractivity contribution >= 4 is 28.9 Å². The second kappa shape index (κ2) is 4.82. The summed E-state index contributed by atoms with van der Waals surface area (Å²) in [5.74, 6) is 0. The molecule has 1 aliphatic rings. The van der Waals surface area contributed by atoms with E-state index in [9.17, 15) is 0 Å². The molecule has 2 nitrogen and oxygen atoms in total. The second-order valence-electron chi connectivity index (χ2n) is 4.36. The number of rotatable bonds is 1. The van der Waals surface area contributed by atoms with E-state index in [4.69, 9.17) is 23.2 Å². The van der Waals surface area contributed by atoms with Crippen molar-refractivity contribution in [3.8, 4) is 0 Å². The molecule has 1 aromatic rings. The van der Waals surface area contributed by atoms with Gasteiger partial charge in [-0.2, -0.15) is 0 Å². The van der Waals surface area contributed by atoms with Crippen LogP contribution in [-0.2, 0) is 0 Å². The highest BCUT2D eigenvalue weighted by Crippen LogP contribution is 2.29. The van der Waals surface area contributed by atoms with Crippen molar-refractivity contribution in [2.75, 3.05) is 18.0 Å².